The first-order valence-corrected chi connectivity index (χ1v) is 16.2. The van der Waals surface area contributed by atoms with E-state index in [1.807, 2.05) is 48.5 Å². The summed E-state index contributed by atoms with van der Waals surface area (Å²) in [6.07, 6.45) is 6.57. The van der Waals surface area contributed by atoms with E-state index in [-0.39, 0.29) is 11.6 Å². The fraction of sp³-hybridized carbons (Fsp3) is 0.167. The maximum atomic E-state index is 6.56. The van der Waals surface area contributed by atoms with Crippen molar-refractivity contribution in [3.05, 3.63) is 167 Å². The molecule has 46 heavy (non-hydrogen) atoms. The molecule has 0 bridgehead atoms. The number of aromatic nitrogens is 1. The second-order valence-corrected chi connectivity index (χ2v) is 12.9. The van der Waals surface area contributed by atoms with Crippen LogP contribution >= 0.6 is 0 Å². The number of para-hydroxylation sites is 1. The average Bonchev–Trinajstić information content (AvgIpc) is 3.56. The predicted octanol–water partition coefficient (Wildman–Crippen LogP) is 9.37. The van der Waals surface area contributed by atoms with Crippen LogP contribution in [0.4, 0.5) is 0 Å². The Morgan fingerprint density at radius 3 is 2.33 bits per heavy atom. The summed E-state index contributed by atoms with van der Waals surface area (Å²) in [6.45, 7) is 5.37. The van der Waals surface area contributed by atoms with Crippen molar-refractivity contribution in [2.45, 2.75) is 44.8 Å². The zero-order chi connectivity index (χ0) is 31.3. The van der Waals surface area contributed by atoms with E-state index in [1.54, 1.807) is 5.57 Å². The molecular weight excluding hydrogens is 560 g/mol. The van der Waals surface area contributed by atoms with E-state index >= 15 is 0 Å². The molecule has 5 aromatic carbocycles. The first-order chi connectivity index (χ1) is 22.5. The zero-order valence-corrected chi connectivity index (χ0v) is 26.4. The van der Waals surface area contributed by atoms with Crippen molar-refractivity contribution in [1.82, 2.24) is 9.88 Å². The van der Waals surface area contributed by atoms with Gasteiger partial charge in [-0.15, -0.1) is 0 Å². The van der Waals surface area contributed by atoms with Gasteiger partial charge < -0.3 is 15.6 Å². The molecule has 0 spiro atoms. The van der Waals surface area contributed by atoms with Gasteiger partial charge in [0.05, 0.1) is 17.6 Å². The monoisotopic (exact) mass is 598 g/mol. The fourth-order valence-corrected chi connectivity index (χ4v) is 7.53. The number of hydrogen-bond acceptors (Lipinski definition) is 2. The van der Waals surface area contributed by atoms with Gasteiger partial charge in [-0.1, -0.05) is 135 Å². The molecule has 1 heterocycles. The fourth-order valence-electron chi connectivity index (χ4n) is 7.53. The Morgan fingerprint density at radius 1 is 0.826 bits per heavy atom. The van der Waals surface area contributed by atoms with Gasteiger partial charge in [0, 0.05) is 27.4 Å². The number of amidine groups is 1. The van der Waals surface area contributed by atoms with Crippen molar-refractivity contribution < 1.29 is 0 Å². The van der Waals surface area contributed by atoms with E-state index in [9.17, 15) is 0 Å². The molecule has 2 aliphatic rings. The SMILES string of the molecule is CC1(C)C2=C(C=CCC2)c2ccc3c4ccccc4n(-c4ccc(CN=C(NC(N)c5ccccc5)c5ccccc5)cc4)c3c21. The van der Waals surface area contributed by atoms with Gasteiger partial charge in [0.1, 0.15) is 12.0 Å². The Labute approximate surface area is 270 Å². The number of hydrogen-bond donors (Lipinski definition) is 2. The summed E-state index contributed by atoms with van der Waals surface area (Å²) in [4.78, 5) is 5.04. The maximum Gasteiger partial charge on any atom is 0.130 e. The van der Waals surface area contributed by atoms with Crippen LogP contribution in [-0.2, 0) is 12.0 Å². The summed E-state index contributed by atoms with van der Waals surface area (Å²) in [6, 6.07) is 42.7. The summed E-state index contributed by atoms with van der Waals surface area (Å²) >= 11 is 0. The maximum absolute atomic E-state index is 6.56. The van der Waals surface area contributed by atoms with Crippen LogP contribution in [0.5, 0.6) is 0 Å². The molecule has 4 heteroatoms. The van der Waals surface area contributed by atoms with E-state index in [0.29, 0.717) is 6.54 Å². The minimum absolute atomic E-state index is 0.0306. The Hall–Kier alpha value is -5.19. The Kier molecular flexibility index (Phi) is 6.96. The molecule has 0 saturated heterocycles. The Morgan fingerprint density at radius 2 is 1.54 bits per heavy atom. The topological polar surface area (TPSA) is 55.3 Å². The van der Waals surface area contributed by atoms with Crippen molar-refractivity contribution in [3.63, 3.8) is 0 Å². The lowest BCUT2D eigenvalue weighted by Crippen LogP contribution is -2.34. The first-order valence-electron chi connectivity index (χ1n) is 16.2. The van der Waals surface area contributed by atoms with Crippen LogP contribution in [0.2, 0.25) is 0 Å². The van der Waals surface area contributed by atoms with Gasteiger partial charge in [-0.25, -0.2) is 0 Å². The number of nitrogens with one attached hydrogen (secondary N) is 1. The van der Waals surface area contributed by atoms with Gasteiger partial charge in [0.2, 0.25) is 0 Å². The number of allylic oxidation sites excluding steroid dienone is 4. The molecule has 1 atom stereocenters. The minimum atomic E-state index is -0.362. The molecule has 0 fully saturated rings. The highest BCUT2D eigenvalue weighted by Crippen LogP contribution is 2.53. The summed E-state index contributed by atoms with van der Waals surface area (Å²) < 4.78 is 2.48. The van der Waals surface area contributed by atoms with Crippen molar-refractivity contribution >= 4 is 33.2 Å². The lowest BCUT2D eigenvalue weighted by Gasteiger charge is -2.27. The number of nitrogens with two attached hydrogens (primary N) is 1. The summed E-state index contributed by atoms with van der Waals surface area (Å²) in [7, 11) is 0. The van der Waals surface area contributed by atoms with Crippen molar-refractivity contribution in [3.8, 4) is 5.69 Å². The number of rotatable bonds is 6. The molecule has 1 aromatic heterocycles. The Balaban J connectivity index is 1.18. The zero-order valence-electron chi connectivity index (χ0n) is 26.4. The van der Waals surface area contributed by atoms with E-state index in [2.05, 4.69) is 109 Å². The largest absolute Gasteiger partial charge is 0.351 e. The molecule has 6 aromatic rings. The molecule has 0 amide bonds. The van der Waals surface area contributed by atoms with Gasteiger partial charge in [-0.3, -0.25) is 4.99 Å². The van der Waals surface area contributed by atoms with Crippen LogP contribution in [-0.4, -0.2) is 10.4 Å². The van der Waals surface area contributed by atoms with Crippen LogP contribution in [0, 0.1) is 0 Å². The van der Waals surface area contributed by atoms with Crippen LogP contribution in [0.3, 0.4) is 0 Å². The van der Waals surface area contributed by atoms with Crippen LogP contribution in [0.25, 0.3) is 33.1 Å². The van der Waals surface area contributed by atoms with E-state index in [4.69, 9.17) is 10.7 Å². The summed E-state index contributed by atoms with van der Waals surface area (Å²) in [5.74, 6) is 0.784. The van der Waals surface area contributed by atoms with Crippen molar-refractivity contribution in [2.75, 3.05) is 0 Å². The average molecular weight is 599 g/mol. The van der Waals surface area contributed by atoms with Crippen molar-refractivity contribution in [2.24, 2.45) is 10.7 Å². The van der Waals surface area contributed by atoms with Gasteiger partial charge >= 0.3 is 0 Å². The predicted molar refractivity (Wildman–Crippen MR) is 192 cm³/mol. The third-order valence-electron chi connectivity index (χ3n) is 9.79. The Bertz CT molecular complexity index is 2160. The molecule has 8 rings (SSSR count). The van der Waals surface area contributed by atoms with E-state index < -0.39 is 0 Å². The summed E-state index contributed by atoms with van der Waals surface area (Å²) in [5.41, 5.74) is 19.2. The number of nitrogens with zero attached hydrogens (tertiary/aromatic N) is 2. The summed E-state index contributed by atoms with van der Waals surface area (Å²) in [5, 5.41) is 6.06. The van der Waals surface area contributed by atoms with Crippen molar-refractivity contribution in [1.29, 1.82) is 0 Å². The highest BCUT2D eigenvalue weighted by atomic mass is 15.1. The quantitative estimate of drug-likeness (QED) is 0.114. The lowest BCUT2D eigenvalue weighted by molar-refractivity contribution is 0.610. The normalized spacial score (nSPS) is 16.1. The molecule has 4 nitrogen and oxygen atoms in total. The second-order valence-electron chi connectivity index (χ2n) is 12.9. The first kappa shape index (κ1) is 28.3. The number of benzene rings is 5. The number of fused-ring (bicyclic) bond motifs is 6. The van der Waals surface area contributed by atoms with Crippen LogP contribution in [0.1, 0.15) is 60.7 Å². The van der Waals surface area contributed by atoms with E-state index in [1.165, 1.54) is 38.5 Å². The molecule has 0 radical (unpaired) electrons. The molecule has 2 aliphatic carbocycles. The standard InChI is InChI=1S/C42H38N4/c1-42(2)36-19-11-9-17-32(36)34-25-26-35-33-18-10-12-20-37(33)46(39(35)38(34)42)31-23-21-28(22-24-31)27-44-41(30-15-7-4-8-16-30)45-40(43)29-13-5-3-6-14-29/h3-10,12-18,20-26,40H,11,19,27,43H2,1-2H3,(H,44,45). The smallest absolute Gasteiger partial charge is 0.130 e. The van der Waals surface area contributed by atoms with Gasteiger partial charge in [-0.05, 0) is 58.9 Å². The third kappa shape index (κ3) is 4.69. The van der Waals surface area contributed by atoms with Crippen LogP contribution < -0.4 is 11.1 Å². The molecule has 0 aliphatic heterocycles. The number of aliphatic imine (C=N–C) groups is 1. The lowest BCUT2D eigenvalue weighted by atomic mass is 9.78. The second kappa shape index (κ2) is 11.3. The highest BCUT2D eigenvalue weighted by molar-refractivity contribution is 6.13. The third-order valence-corrected chi connectivity index (χ3v) is 9.79. The van der Waals surface area contributed by atoms with Gasteiger partial charge in [0.25, 0.3) is 0 Å². The van der Waals surface area contributed by atoms with Crippen LogP contribution in [0.15, 0.2) is 144 Å². The van der Waals surface area contributed by atoms with Gasteiger partial charge in [-0.2, -0.15) is 0 Å². The molecule has 0 saturated carbocycles. The molecule has 1 unspecified atom stereocenters. The highest BCUT2D eigenvalue weighted by Gasteiger charge is 2.40. The minimum Gasteiger partial charge on any atom is -0.351 e. The molecule has 226 valence electrons. The van der Waals surface area contributed by atoms with Gasteiger partial charge in [0.15, 0.2) is 0 Å². The van der Waals surface area contributed by atoms with E-state index in [0.717, 1.165) is 41.1 Å². The molecular formula is C42H38N4. The molecule has 3 N–H and O–H groups in total.